The van der Waals surface area contributed by atoms with Gasteiger partial charge in [0.15, 0.2) is 5.75 Å². The molecule has 0 aliphatic heterocycles. The molecule has 3 nitrogen and oxygen atoms in total. The molecule has 0 amide bonds. The monoisotopic (exact) mass is 154 g/mol. The van der Waals surface area contributed by atoms with Gasteiger partial charge in [-0.1, -0.05) is 13.3 Å². The largest absolute Gasteiger partial charge is 0.504 e. The van der Waals surface area contributed by atoms with Crippen LogP contribution < -0.4 is 0 Å². The van der Waals surface area contributed by atoms with Crippen LogP contribution in [0.3, 0.4) is 0 Å². The molecule has 1 N–H and O–H groups in total. The second-order valence-electron chi connectivity index (χ2n) is 2.57. The first-order valence-corrected chi connectivity index (χ1v) is 4.03. The molecule has 3 heteroatoms. The summed E-state index contributed by atoms with van der Waals surface area (Å²) in [7, 11) is 0. The van der Waals surface area contributed by atoms with Crippen molar-refractivity contribution >= 4 is 0 Å². The zero-order chi connectivity index (χ0) is 8.27. The van der Waals surface area contributed by atoms with Gasteiger partial charge in [0, 0.05) is 6.54 Å². The van der Waals surface area contributed by atoms with Crippen molar-refractivity contribution in [2.75, 3.05) is 0 Å². The Hall–Kier alpha value is -0.990. The molecule has 0 aliphatic rings. The van der Waals surface area contributed by atoms with Crippen LogP contribution in [0.1, 0.15) is 26.0 Å². The van der Waals surface area contributed by atoms with E-state index in [4.69, 9.17) is 0 Å². The fourth-order valence-electron chi connectivity index (χ4n) is 1.03. The van der Waals surface area contributed by atoms with Crippen LogP contribution in [0.2, 0.25) is 0 Å². The normalized spacial score (nSPS) is 10.4. The summed E-state index contributed by atoms with van der Waals surface area (Å²) in [4.78, 5) is 0. The summed E-state index contributed by atoms with van der Waals surface area (Å²) in [5, 5.41) is 13.5. The van der Waals surface area contributed by atoms with Gasteiger partial charge < -0.3 is 5.11 Å². The van der Waals surface area contributed by atoms with Gasteiger partial charge >= 0.3 is 0 Å². The third kappa shape index (κ3) is 1.73. The number of aromatic nitrogens is 2. The predicted molar refractivity (Wildman–Crippen MR) is 43.6 cm³/mol. The summed E-state index contributed by atoms with van der Waals surface area (Å²) >= 11 is 0. The standard InChI is InChI=1S/C8H14N2O/c1-3-5-7-8(11)6-10(4-2)9-7/h6,11H,3-5H2,1-2H3. The molecule has 0 aliphatic carbocycles. The molecular formula is C8H14N2O. The van der Waals surface area contributed by atoms with Gasteiger partial charge in [-0.15, -0.1) is 0 Å². The minimum Gasteiger partial charge on any atom is -0.504 e. The lowest BCUT2D eigenvalue weighted by Gasteiger charge is -1.91. The lowest BCUT2D eigenvalue weighted by Crippen LogP contribution is -1.95. The molecule has 1 heterocycles. The Kier molecular flexibility index (Phi) is 2.52. The fourth-order valence-corrected chi connectivity index (χ4v) is 1.03. The number of aryl methyl sites for hydroxylation is 2. The third-order valence-electron chi connectivity index (χ3n) is 1.63. The van der Waals surface area contributed by atoms with Crippen LogP contribution in [0.25, 0.3) is 0 Å². The Morgan fingerprint density at radius 1 is 1.55 bits per heavy atom. The van der Waals surface area contributed by atoms with Crippen molar-refractivity contribution in [3.05, 3.63) is 11.9 Å². The van der Waals surface area contributed by atoms with E-state index in [1.165, 1.54) is 0 Å². The average Bonchev–Trinajstić information content (AvgIpc) is 2.33. The SMILES string of the molecule is CCCc1nn(CC)cc1O. The molecule has 62 valence electrons. The van der Waals surface area contributed by atoms with Crippen molar-refractivity contribution in [1.82, 2.24) is 9.78 Å². The molecule has 0 radical (unpaired) electrons. The maximum absolute atomic E-state index is 9.31. The second kappa shape index (κ2) is 3.42. The number of nitrogens with zero attached hydrogens (tertiary/aromatic N) is 2. The van der Waals surface area contributed by atoms with E-state index in [1.54, 1.807) is 10.9 Å². The Labute approximate surface area is 66.7 Å². The van der Waals surface area contributed by atoms with Gasteiger partial charge in [-0.3, -0.25) is 4.68 Å². The molecule has 0 aromatic carbocycles. The smallest absolute Gasteiger partial charge is 0.156 e. The molecule has 0 saturated carbocycles. The van der Waals surface area contributed by atoms with Crippen molar-refractivity contribution in [2.45, 2.75) is 33.2 Å². The molecule has 0 saturated heterocycles. The van der Waals surface area contributed by atoms with Crippen molar-refractivity contribution in [1.29, 1.82) is 0 Å². The Bertz CT molecular complexity index is 230. The van der Waals surface area contributed by atoms with Crippen molar-refractivity contribution in [3.8, 4) is 5.75 Å². The minimum atomic E-state index is 0.328. The van der Waals surface area contributed by atoms with Gasteiger partial charge in [-0.25, -0.2) is 0 Å². The summed E-state index contributed by atoms with van der Waals surface area (Å²) in [5.41, 5.74) is 0.814. The van der Waals surface area contributed by atoms with Crippen molar-refractivity contribution in [2.24, 2.45) is 0 Å². The van der Waals surface area contributed by atoms with Crippen LogP contribution in [0.15, 0.2) is 6.20 Å². The Morgan fingerprint density at radius 3 is 2.73 bits per heavy atom. The van der Waals surface area contributed by atoms with Gasteiger partial charge in [-0.05, 0) is 13.3 Å². The summed E-state index contributed by atoms with van der Waals surface area (Å²) in [6, 6.07) is 0. The molecule has 0 fully saturated rings. The van der Waals surface area contributed by atoms with E-state index in [9.17, 15) is 5.11 Å². The molecule has 0 atom stereocenters. The van der Waals surface area contributed by atoms with Crippen LogP contribution in [-0.2, 0) is 13.0 Å². The number of hydrogen-bond donors (Lipinski definition) is 1. The Balaban J connectivity index is 2.79. The van der Waals surface area contributed by atoms with Crippen LogP contribution >= 0.6 is 0 Å². The lowest BCUT2D eigenvalue weighted by molar-refractivity contribution is 0.467. The van der Waals surface area contributed by atoms with Crippen molar-refractivity contribution < 1.29 is 5.11 Å². The molecule has 1 aromatic rings. The lowest BCUT2D eigenvalue weighted by atomic mass is 10.2. The van der Waals surface area contributed by atoms with Crippen LogP contribution in [0.5, 0.6) is 5.75 Å². The van der Waals surface area contributed by atoms with Crippen LogP contribution in [0, 0.1) is 0 Å². The van der Waals surface area contributed by atoms with E-state index in [-0.39, 0.29) is 0 Å². The summed E-state index contributed by atoms with van der Waals surface area (Å²) < 4.78 is 1.75. The molecule has 0 bridgehead atoms. The number of rotatable bonds is 3. The van der Waals surface area contributed by atoms with E-state index in [1.807, 2.05) is 6.92 Å². The highest BCUT2D eigenvalue weighted by Gasteiger charge is 2.04. The summed E-state index contributed by atoms with van der Waals surface area (Å²) in [5.74, 6) is 0.328. The minimum absolute atomic E-state index is 0.328. The fraction of sp³-hybridized carbons (Fsp3) is 0.625. The van der Waals surface area contributed by atoms with E-state index < -0.39 is 0 Å². The molecule has 0 spiro atoms. The van der Waals surface area contributed by atoms with Gasteiger partial charge in [0.25, 0.3) is 0 Å². The van der Waals surface area contributed by atoms with E-state index in [0.29, 0.717) is 5.75 Å². The van der Waals surface area contributed by atoms with E-state index >= 15 is 0 Å². The van der Waals surface area contributed by atoms with Crippen molar-refractivity contribution in [3.63, 3.8) is 0 Å². The first-order chi connectivity index (χ1) is 5.27. The quantitative estimate of drug-likeness (QED) is 0.717. The summed E-state index contributed by atoms with van der Waals surface area (Å²) in [6.07, 6.45) is 3.55. The van der Waals surface area contributed by atoms with Gasteiger partial charge in [0.2, 0.25) is 0 Å². The van der Waals surface area contributed by atoms with Gasteiger partial charge in [-0.2, -0.15) is 5.10 Å². The topological polar surface area (TPSA) is 38.0 Å². The first kappa shape index (κ1) is 8.11. The van der Waals surface area contributed by atoms with E-state index in [2.05, 4.69) is 12.0 Å². The molecule has 1 rings (SSSR count). The molecular weight excluding hydrogens is 140 g/mol. The zero-order valence-corrected chi connectivity index (χ0v) is 7.04. The average molecular weight is 154 g/mol. The summed E-state index contributed by atoms with van der Waals surface area (Å²) in [6.45, 7) is 4.89. The van der Waals surface area contributed by atoms with Crippen LogP contribution in [-0.4, -0.2) is 14.9 Å². The zero-order valence-electron chi connectivity index (χ0n) is 7.04. The first-order valence-electron chi connectivity index (χ1n) is 4.03. The third-order valence-corrected chi connectivity index (χ3v) is 1.63. The highest BCUT2D eigenvalue weighted by molar-refractivity contribution is 5.22. The highest BCUT2D eigenvalue weighted by Crippen LogP contribution is 2.15. The second-order valence-corrected chi connectivity index (χ2v) is 2.57. The molecule has 0 unspecified atom stereocenters. The van der Waals surface area contributed by atoms with Crippen LogP contribution in [0.4, 0.5) is 0 Å². The number of hydrogen-bond acceptors (Lipinski definition) is 2. The maximum atomic E-state index is 9.31. The highest BCUT2D eigenvalue weighted by atomic mass is 16.3. The maximum Gasteiger partial charge on any atom is 0.156 e. The van der Waals surface area contributed by atoms with Gasteiger partial charge in [0.1, 0.15) is 5.69 Å². The Morgan fingerprint density at radius 2 is 2.27 bits per heavy atom. The van der Waals surface area contributed by atoms with Gasteiger partial charge in [0.05, 0.1) is 6.20 Å². The predicted octanol–water partition coefficient (Wildman–Crippen LogP) is 1.56. The van der Waals surface area contributed by atoms with E-state index in [0.717, 1.165) is 25.1 Å². The molecule has 11 heavy (non-hydrogen) atoms. The number of aromatic hydroxyl groups is 1. The molecule has 1 aromatic heterocycles.